The van der Waals surface area contributed by atoms with Crippen molar-refractivity contribution < 1.29 is 17.9 Å². The van der Waals surface area contributed by atoms with Crippen molar-refractivity contribution in [1.82, 2.24) is 4.90 Å². The molecule has 0 aliphatic heterocycles. The number of thiol groups is 1. The third kappa shape index (κ3) is 10.1. The Morgan fingerprint density at radius 3 is 2.36 bits per heavy atom. The molecule has 0 aliphatic rings. The highest BCUT2D eigenvalue weighted by Gasteiger charge is 2.26. The Hall–Kier alpha value is 0.0600. The Morgan fingerprint density at radius 2 is 1.86 bits per heavy atom. The van der Waals surface area contributed by atoms with E-state index in [4.69, 9.17) is 4.74 Å². The number of alkyl halides is 3. The lowest BCUT2D eigenvalue weighted by Gasteiger charge is -2.17. The minimum Gasteiger partial charge on any atom is -0.379 e. The fraction of sp³-hybridized carbons (Fsp3) is 1.00. The molecule has 0 saturated heterocycles. The van der Waals surface area contributed by atoms with Crippen LogP contribution in [-0.4, -0.2) is 50.2 Å². The molecule has 0 fully saturated rings. The molecule has 0 heterocycles. The largest absolute Gasteiger partial charge is 0.390 e. The summed E-state index contributed by atoms with van der Waals surface area (Å²) in [5.74, 6) is 0.631. The van der Waals surface area contributed by atoms with Crippen LogP contribution in [0.4, 0.5) is 13.2 Å². The van der Waals surface area contributed by atoms with Gasteiger partial charge in [0.2, 0.25) is 0 Å². The van der Waals surface area contributed by atoms with Crippen LogP contribution >= 0.6 is 12.6 Å². The van der Waals surface area contributed by atoms with Gasteiger partial charge < -0.3 is 9.64 Å². The lowest BCUT2D eigenvalue weighted by atomic mass is 10.4. The summed E-state index contributed by atoms with van der Waals surface area (Å²) in [6.45, 7) is 1.53. The number of nitrogens with zero attached hydrogens (tertiary/aromatic N) is 1. The molecule has 0 aromatic carbocycles. The van der Waals surface area contributed by atoms with E-state index in [1.54, 1.807) is 11.9 Å². The predicted molar refractivity (Wildman–Crippen MR) is 52.8 cm³/mol. The fourth-order valence-corrected chi connectivity index (χ4v) is 0.946. The molecule has 0 spiro atoms. The molecule has 0 rings (SSSR count). The lowest BCUT2D eigenvalue weighted by Crippen LogP contribution is -2.27. The molecule has 2 nitrogen and oxygen atoms in total. The summed E-state index contributed by atoms with van der Waals surface area (Å²) >= 11 is 3.94. The van der Waals surface area contributed by atoms with E-state index in [-0.39, 0.29) is 6.54 Å². The zero-order valence-electron chi connectivity index (χ0n) is 8.18. The van der Waals surface area contributed by atoms with Crippen LogP contribution in [0.25, 0.3) is 0 Å². The quantitative estimate of drug-likeness (QED) is 0.530. The molecule has 0 saturated carbocycles. The van der Waals surface area contributed by atoms with Gasteiger partial charge in [-0.05, 0) is 7.05 Å². The molecule has 0 unspecified atom stereocenters. The third-order valence-electron chi connectivity index (χ3n) is 1.63. The highest BCUT2D eigenvalue weighted by Crippen LogP contribution is 2.19. The van der Waals surface area contributed by atoms with E-state index in [1.165, 1.54) is 0 Å². The van der Waals surface area contributed by atoms with E-state index < -0.39 is 12.6 Å². The van der Waals surface area contributed by atoms with Crippen LogP contribution in [0.15, 0.2) is 0 Å². The maximum Gasteiger partial charge on any atom is 0.390 e. The first-order valence-electron chi connectivity index (χ1n) is 4.39. The van der Waals surface area contributed by atoms with E-state index in [2.05, 4.69) is 12.6 Å². The van der Waals surface area contributed by atoms with Gasteiger partial charge in [-0.3, -0.25) is 0 Å². The summed E-state index contributed by atoms with van der Waals surface area (Å²) in [5.41, 5.74) is 0. The second-order valence-electron chi connectivity index (χ2n) is 3.00. The van der Waals surface area contributed by atoms with Crippen LogP contribution < -0.4 is 0 Å². The van der Waals surface area contributed by atoms with Crippen LogP contribution in [0.5, 0.6) is 0 Å². The molecular weight excluding hydrogens is 215 g/mol. The summed E-state index contributed by atoms with van der Waals surface area (Å²) in [5, 5.41) is 0. The summed E-state index contributed by atoms with van der Waals surface area (Å²) in [4.78, 5) is 1.60. The first kappa shape index (κ1) is 14.1. The molecule has 0 aliphatic carbocycles. The molecule has 0 amide bonds. The van der Waals surface area contributed by atoms with Gasteiger partial charge in [0, 0.05) is 18.8 Å². The number of halogens is 3. The Kier molecular flexibility index (Phi) is 7.40. The van der Waals surface area contributed by atoms with Crippen molar-refractivity contribution in [3.63, 3.8) is 0 Å². The number of hydrogen-bond acceptors (Lipinski definition) is 3. The van der Waals surface area contributed by atoms with Crippen molar-refractivity contribution in [1.29, 1.82) is 0 Å². The maximum atomic E-state index is 11.8. The monoisotopic (exact) mass is 231 g/mol. The average Bonchev–Trinajstić information content (AvgIpc) is 2.08. The van der Waals surface area contributed by atoms with Gasteiger partial charge >= 0.3 is 6.18 Å². The fourth-order valence-electron chi connectivity index (χ4n) is 0.816. The number of ether oxygens (including phenoxy) is 1. The Bertz CT molecular complexity index is 143. The molecule has 0 aromatic heterocycles. The molecule has 6 heteroatoms. The second kappa shape index (κ2) is 7.36. The minimum atomic E-state index is -4.07. The molecule has 0 N–H and O–H groups in total. The van der Waals surface area contributed by atoms with Crippen molar-refractivity contribution in [3.8, 4) is 0 Å². The topological polar surface area (TPSA) is 12.5 Å². The maximum absolute atomic E-state index is 11.8. The minimum absolute atomic E-state index is 0.0216. The standard InChI is InChI=1S/C8H16F3NOS/c1-12(3-2-8(9,10)11)4-5-13-6-7-14/h14H,2-7H2,1H3. The summed E-state index contributed by atoms with van der Waals surface area (Å²) in [7, 11) is 1.65. The number of rotatable bonds is 7. The first-order chi connectivity index (χ1) is 6.45. The first-order valence-corrected chi connectivity index (χ1v) is 5.03. The SMILES string of the molecule is CN(CCOCCS)CCC(F)(F)F. The smallest absolute Gasteiger partial charge is 0.379 e. The molecule has 0 aromatic rings. The van der Waals surface area contributed by atoms with E-state index in [9.17, 15) is 13.2 Å². The van der Waals surface area contributed by atoms with Crippen LogP contribution in [0.3, 0.4) is 0 Å². The van der Waals surface area contributed by atoms with E-state index in [0.29, 0.717) is 25.5 Å². The van der Waals surface area contributed by atoms with Gasteiger partial charge in [-0.1, -0.05) is 0 Å². The van der Waals surface area contributed by atoms with Gasteiger partial charge in [0.15, 0.2) is 0 Å². The van der Waals surface area contributed by atoms with E-state index in [0.717, 1.165) is 0 Å². The van der Waals surface area contributed by atoms with Crippen molar-refractivity contribution >= 4 is 12.6 Å². The normalized spacial score (nSPS) is 12.4. The number of likely N-dealkylation sites (N-methyl/N-ethyl adjacent to an activating group) is 1. The van der Waals surface area contributed by atoms with Crippen LogP contribution in [0.1, 0.15) is 6.42 Å². The van der Waals surface area contributed by atoms with Crippen LogP contribution in [0, 0.1) is 0 Å². The van der Waals surface area contributed by atoms with Crippen molar-refractivity contribution in [3.05, 3.63) is 0 Å². The molecule has 0 atom stereocenters. The summed E-state index contributed by atoms with van der Waals surface area (Å²) in [6, 6.07) is 0. The summed E-state index contributed by atoms with van der Waals surface area (Å²) < 4.78 is 40.5. The van der Waals surface area contributed by atoms with Crippen molar-refractivity contribution in [2.45, 2.75) is 12.6 Å². The molecule has 14 heavy (non-hydrogen) atoms. The predicted octanol–water partition coefficient (Wildman–Crippen LogP) is 1.82. The van der Waals surface area contributed by atoms with E-state index in [1.807, 2.05) is 0 Å². The van der Waals surface area contributed by atoms with Crippen molar-refractivity contribution in [2.24, 2.45) is 0 Å². The Balaban J connectivity index is 3.32. The third-order valence-corrected chi connectivity index (χ3v) is 1.81. The van der Waals surface area contributed by atoms with E-state index >= 15 is 0 Å². The van der Waals surface area contributed by atoms with Gasteiger partial charge in [-0.2, -0.15) is 25.8 Å². The highest BCUT2D eigenvalue weighted by atomic mass is 32.1. The summed E-state index contributed by atoms with van der Waals surface area (Å²) in [6.07, 6.45) is -4.84. The van der Waals surface area contributed by atoms with Gasteiger partial charge in [-0.15, -0.1) is 0 Å². The van der Waals surface area contributed by atoms with Crippen LogP contribution in [-0.2, 0) is 4.74 Å². The van der Waals surface area contributed by atoms with Crippen molar-refractivity contribution in [2.75, 3.05) is 39.1 Å². The Morgan fingerprint density at radius 1 is 1.21 bits per heavy atom. The Labute approximate surface area is 87.8 Å². The second-order valence-corrected chi connectivity index (χ2v) is 3.45. The molecular formula is C8H16F3NOS. The van der Waals surface area contributed by atoms with Crippen LogP contribution in [0.2, 0.25) is 0 Å². The molecule has 86 valence electrons. The molecule has 0 radical (unpaired) electrons. The molecule has 0 bridgehead atoms. The zero-order chi connectivity index (χ0) is 11.0. The lowest BCUT2D eigenvalue weighted by molar-refractivity contribution is -0.137. The average molecular weight is 231 g/mol. The number of hydrogen-bond donors (Lipinski definition) is 1. The zero-order valence-corrected chi connectivity index (χ0v) is 9.07. The van der Waals surface area contributed by atoms with Gasteiger partial charge in [-0.25, -0.2) is 0 Å². The van der Waals surface area contributed by atoms with Gasteiger partial charge in [0.25, 0.3) is 0 Å². The van der Waals surface area contributed by atoms with Gasteiger partial charge in [0.1, 0.15) is 0 Å². The van der Waals surface area contributed by atoms with Gasteiger partial charge in [0.05, 0.1) is 19.6 Å². The highest BCUT2D eigenvalue weighted by molar-refractivity contribution is 7.80.